The predicted octanol–water partition coefficient (Wildman–Crippen LogP) is 1.41. The van der Waals surface area contributed by atoms with Crippen molar-refractivity contribution in [3.8, 4) is 6.07 Å². The number of nitriles is 1. The van der Waals surface area contributed by atoms with Gasteiger partial charge in [0.15, 0.2) is 0 Å². The number of aryl methyl sites for hydroxylation is 1. The maximum Gasteiger partial charge on any atom is 0.127 e. The van der Waals surface area contributed by atoms with E-state index in [-0.39, 0.29) is 6.04 Å². The molecular weight excluding hydrogens is 188 g/mol. The van der Waals surface area contributed by atoms with Gasteiger partial charge in [0, 0.05) is 18.3 Å². The minimum absolute atomic E-state index is 0.123. The van der Waals surface area contributed by atoms with Crippen molar-refractivity contribution < 1.29 is 0 Å². The highest BCUT2D eigenvalue weighted by molar-refractivity contribution is 5.44. The molecule has 4 nitrogen and oxygen atoms in total. The molecule has 1 unspecified atom stereocenters. The van der Waals surface area contributed by atoms with Gasteiger partial charge in [-0.05, 0) is 25.5 Å². The van der Waals surface area contributed by atoms with Crippen LogP contribution in [0.4, 0.5) is 5.82 Å². The quantitative estimate of drug-likeness (QED) is 0.777. The Bertz CT molecular complexity index is 367. The summed E-state index contributed by atoms with van der Waals surface area (Å²) in [5, 5.41) is 11.9. The molecule has 0 saturated heterocycles. The molecule has 0 aliphatic heterocycles. The molecule has 0 spiro atoms. The Labute approximate surface area is 90.1 Å². The van der Waals surface area contributed by atoms with E-state index < -0.39 is 0 Å². The molecule has 0 aliphatic rings. The molecule has 15 heavy (non-hydrogen) atoms. The molecule has 0 radical (unpaired) electrons. The fourth-order valence-electron chi connectivity index (χ4n) is 1.20. The maximum atomic E-state index is 8.78. The summed E-state index contributed by atoms with van der Waals surface area (Å²) in [5.74, 6) is 0.718. The monoisotopic (exact) mass is 204 g/mol. The Morgan fingerprint density at radius 1 is 1.60 bits per heavy atom. The third-order valence-corrected chi connectivity index (χ3v) is 2.15. The second-order valence-corrected chi connectivity index (χ2v) is 3.54. The van der Waals surface area contributed by atoms with E-state index in [0.717, 1.165) is 17.9 Å². The van der Waals surface area contributed by atoms with Crippen molar-refractivity contribution in [3.05, 3.63) is 23.4 Å². The predicted molar refractivity (Wildman–Crippen MR) is 60.4 cm³/mol. The Balaban J connectivity index is 2.69. The standard InChI is InChI=1S/C11H16N4/c1-3-10(13)7-14-11-5-9(6-12)4-8(2)15-11/h4-5,10H,3,7,13H2,1-2H3,(H,14,15). The number of hydrogen-bond acceptors (Lipinski definition) is 4. The molecular formula is C11H16N4. The maximum absolute atomic E-state index is 8.78. The summed E-state index contributed by atoms with van der Waals surface area (Å²) in [6.45, 7) is 4.58. The van der Waals surface area contributed by atoms with Gasteiger partial charge in [-0.2, -0.15) is 5.26 Å². The molecule has 1 atom stereocenters. The number of nitrogens with one attached hydrogen (secondary N) is 1. The van der Waals surface area contributed by atoms with Gasteiger partial charge in [0.25, 0.3) is 0 Å². The summed E-state index contributed by atoms with van der Waals surface area (Å²) in [5.41, 5.74) is 7.23. The number of pyridine rings is 1. The highest BCUT2D eigenvalue weighted by Gasteiger charge is 2.02. The number of rotatable bonds is 4. The van der Waals surface area contributed by atoms with E-state index in [9.17, 15) is 0 Å². The molecule has 0 saturated carbocycles. The Morgan fingerprint density at radius 3 is 2.93 bits per heavy atom. The van der Waals surface area contributed by atoms with E-state index >= 15 is 0 Å². The van der Waals surface area contributed by atoms with E-state index in [1.807, 2.05) is 13.8 Å². The van der Waals surface area contributed by atoms with Crippen molar-refractivity contribution in [1.29, 1.82) is 5.26 Å². The third kappa shape index (κ3) is 3.56. The van der Waals surface area contributed by atoms with Gasteiger partial charge < -0.3 is 11.1 Å². The lowest BCUT2D eigenvalue weighted by molar-refractivity contribution is 0.678. The van der Waals surface area contributed by atoms with Crippen LogP contribution in [-0.2, 0) is 0 Å². The second-order valence-electron chi connectivity index (χ2n) is 3.54. The number of nitrogens with two attached hydrogens (primary N) is 1. The molecule has 0 fully saturated rings. The first-order valence-corrected chi connectivity index (χ1v) is 5.04. The van der Waals surface area contributed by atoms with Crippen molar-refractivity contribution in [3.63, 3.8) is 0 Å². The van der Waals surface area contributed by atoms with Crippen LogP contribution in [-0.4, -0.2) is 17.6 Å². The average Bonchev–Trinajstić information content (AvgIpc) is 2.25. The van der Waals surface area contributed by atoms with Crippen molar-refractivity contribution in [2.75, 3.05) is 11.9 Å². The number of aromatic nitrogens is 1. The summed E-state index contributed by atoms with van der Waals surface area (Å²) < 4.78 is 0. The highest BCUT2D eigenvalue weighted by Crippen LogP contribution is 2.09. The first-order valence-electron chi connectivity index (χ1n) is 5.04. The Hall–Kier alpha value is -1.60. The van der Waals surface area contributed by atoms with Gasteiger partial charge >= 0.3 is 0 Å². The topological polar surface area (TPSA) is 74.7 Å². The zero-order valence-corrected chi connectivity index (χ0v) is 9.12. The van der Waals surface area contributed by atoms with Crippen LogP contribution >= 0.6 is 0 Å². The van der Waals surface area contributed by atoms with Crippen LogP contribution in [0.5, 0.6) is 0 Å². The van der Waals surface area contributed by atoms with Crippen LogP contribution < -0.4 is 11.1 Å². The van der Waals surface area contributed by atoms with Gasteiger partial charge in [-0.15, -0.1) is 0 Å². The fourth-order valence-corrected chi connectivity index (χ4v) is 1.20. The minimum atomic E-state index is 0.123. The number of nitrogens with zero attached hydrogens (tertiary/aromatic N) is 2. The van der Waals surface area contributed by atoms with Gasteiger partial charge in [-0.1, -0.05) is 6.92 Å². The smallest absolute Gasteiger partial charge is 0.127 e. The van der Waals surface area contributed by atoms with Gasteiger partial charge in [-0.3, -0.25) is 0 Å². The van der Waals surface area contributed by atoms with E-state index in [2.05, 4.69) is 16.4 Å². The molecule has 1 aromatic rings. The van der Waals surface area contributed by atoms with Crippen molar-refractivity contribution in [2.24, 2.45) is 5.73 Å². The van der Waals surface area contributed by atoms with Crippen molar-refractivity contribution >= 4 is 5.82 Å². The summed E-state index contributed by atoms with van der Waals surface area (Å²) in [6.07, 6.45) is 0.921. The highest BCUT2D eigenvalue weighted by atomic mass is 15.0. The van der Waals surface area contributed by atoms with Gasteiger partial charge in [0.2, 0.25) is 0 Å². The molecule has 0 bridgehead atoms. The lowest BCUT2D eigenvalue weighted by atomic mass is 10.2. The summed E-state index contributed by atoms with van der Waals surface area (Å²) in [7, 11) is 0. The molecule has 3 N–H and O–H groups in total. The molecule has 1 aromatic heterocycles. The lowest BCUT2D eigenvalue weighted by Crippen LogP contribution is -2.28. The molecule has 4 heteroatoms. The number of hydrogen-bond donors (Lipinski definition) is 2. The zero-order valence-electron chi connectivity index (χ0n) is 9.12. The van der Waals surface area contributed by atoms with Crippen LogP contribution in [0.1, 0.15) is 24.6 Å². The molecule has 0 amide bonds. The van der Waals surface area contributed by atoms with Crippen LogP contribution in [0.25, 0.3) is 0 Å². The van der Waals surface area contributed by atoms with E-state index in [1.54, 1.807) is 12.1 Å². The van der Waals surface area contributed by atoms with E-state index in [0.29, 0.717) is 12.1 Å². The van der Waals surface area contributed by atoms with Crippen molar-refractivity contribution in [2.45, 2.75) is 26.3 Å². The first kappa shape index (κ1) is 11.5. The lowest BCUT2D eigenvalue weighted by Gasteiger charge is -2.11. The van der Waals surface area contributed by atoms with Crippen LogP contribution in [0, 0.1) is 18.3 Å². The molecule has 0 aromatic carbocycles. The van der Waals surface area contributed by atoms with E-state index in [1.165, 1.54) is 0 Å². The second kappa shape index (κ2) is 5.32. The molecule has 1 heterocycles. The summed E-state index contributed by atoms with van der Waals surface area (Å²) in [4.78, 5) is 4.27. The minimum Gasteiger partial charge on any atom is -0.368 e. The van der Waals surface area contributed by atoms with Crippen molar-refractivity contribution in [1.82, 2.24) is 4.98 Å². The first-order chi connectivity index (χ1) is 7.15. The van der Waals surface area contributed by atoms with Crippen LogP contribution in [0.2, 0.25) is 0 Å². The van der Waals surface area contributed by atoms with E-state index in [4.69, 9.17) is 11.0 Å². The summed E-state index contributed by atoms with van der Waals surface area (Å²) in [6, 6.07) is 5.71. The van der Waals surface area contributed by atoms with Gasteiger partial charge in [0.1, 0.15) is 5.82 Å². The summed E-state index contributed by atoms with van der Waals surface area (Å²) >= 11 is 0. The Kier molecular flexibility index (Phi) is 4.07. The fraction of sp³-hybridized carbons (Fsp3) is 0.455. The molecule has 1 rings (SSSR count). The van der Waals surface area contributed by atoms with Crippen LogP contribution in [0.3, 0.4) is 0 Å². The molecule has 80 valence electrons. The van der Waals surface area contributed by atoms with Crippen LogP contribution in [0.15, 0.2) is 12.1 Å². The SMILES string of the molecule is CCC(N)CNc1cc(C#N)cc(C)n1. The van der Waals surface area contributed by atoms with Gasteiger partial charge in [0.05, 0.1) is 11.6 Å². The third-order valence-electron chi connectivity index (χ3n) is 2.15. The zero-order chi connectivity index (χ0) is 11.3. The number of anilines is 1. The largest absolute Gasteiger partial charge is 0.368 e. The van der Waals surface area contributed by atoms with Gasteiger partial charge in [-0.25, -0.2) is 4.98 Å². The Morgan fingerprint density at radius 2 is 2.33 bits per heavy atom. The average molecular weight is 204 g/mol. The normalized spacial score (nSPS) is 11.9. The molecule has 0 aliphatic carbocycles.